The first-order valence-electron chi connectivity index (χ1n) is 4.78. The van der Waals surface area contributed by atoms with Gasteiger partial charge in [-0.3, -0.25) is 0 Å². The molecule has 0 saturated heterocycles. The molecule has 1 rings (SSSR count). The fourth-order valence-corrected chi connectivity index (χ4v) is 1.15. The lowest BCUT2D eigenvalue weighted by Crippen LogP contribution is -2.33. The van der Waals surface area contributed by atoms with Crippen LogP contribution in [-0.2, 0) is 6.42 Å². The summed E-state index contributed by atoms with van der Waals surface area (Å²) in [5, 5.41) is 3.33. The minimum atomic E-state index is 0.414. The van der Waals surface area contributed by atoms with Crippen molar-refractivity contribution < 1.29 is 4.42 Å². The summed E-state index contributed by atoms with van der Waals surface area (Å²) in [4.78, 5) is 0. The van der Waals surface area contributed by atoms with E-state index in [1.165, 1.54) is 0 Å². The number of rotatable bonds is 6. The molecule has 3 heteroatoms. The molecule has 74 valence electrons. The molecular formula is C10H18N2O. The maximum absolute atomic E-state index is 5.47. The van der Waals surface area contributed by atoms with Crippen LogP contribution in [0.1, 0.15) is 19.1 Å². The SMILES string of the molecule is C[C@H](CN)NCCCc1ccco1. The van der Waals surface area contributed by atoms with Gasteiger partial charge in [0.2, 0.25) is 0 Å². The monoisotopic (exact) mass is 182 g/mol. The average Bonchev–Trinajstić information content (AvgIpc) is 2.64. The molecule has 1 atom stereocenters. The van der Waals surface area contributed by atoms with Gasteiger partial charge in [-0.1, -0.05) is 0 Å². The number of furan rings is 1. The van der Waals surface area contributed by atoms with E-state index in [1.807, 2.05) is 12.1 Å². The molecular weight excluding hydrogens is 164 g/mol. The van der Waals surface area contributed by atoms with Gasteiger partial charge >= 0.3 is 0 Å². The van der Waals surface area contributed by atoms with Crippen LogP contribution >= 0.6 is 0 Å². The number of nitrogens with one attached hydrogen (secondary N) is 1. The first-order valence-corrected chi connectivity index (χ1v) is 4.78. The summed E-state index contributed by atoms with van der Waals surface area (Å²) >= 11 is 0. The maximum Gasteiger partial charge on any atom is 0.103 e. The molecule has 1 heterocycles. The molecule has 13 heavy (non-hydrogen) atoms. The van der Waals surface area contributed by atoms with E-state index < -0.39 is 0 Å². The van der Waals surface area contributed by atoms with Gasteiger partial charge in [-0.2, -0.15) is 0 Å². The number of hydrogen-bond acceptors (Lipinski definition) is 3. The molecule has 0 unspecified atom stereocenters. The van der Waals surface area contributed by atoms with Gasteiger partial charge in [0, 0.05) is 19.0 Å². The zero-order valence-corrected chi connectivity index (χ0v) is 8.12. The largest absolute Gasteiger partial charge is 0.469 e. The van der Waals surface area contributed by atoms with Crippen molar-refractivity contribution >= 4 is 0 Å². The molecule has 0 aliphatic rings. The highest BCUT2D eigenvalue weighted by atomic mass is 16.3. The molecule has 0 radical (unpaired) electrons. The number of aryl methyl sites for hydroxylation is 1. The third-order valence-corrected chi connectivity index (χ3v) is 2.03. The third kappa shape index (κ3) is 4.10. The highest BCUT2D eigenvalue weighted by Crippen LogP contribution is 2.02. The predicted octanol–water partition coefficient (Wildman–Crippen LogP) is 1.15. The van der Waals surface area contributed by atoms with Crippen LogP contribution in [0, 0.1) is 0 Å². The second-order valence-electron chi connectivity index (χ2n) is 3.27. The molecule has 0 bridgehead atoms. The molecule has 0 amide bonds. The van der Waals surface area contributed by atoms with Crippen LogP contribution in [0.3, 0.4) is 0 Å². The Morgan fingerprint density at radius 1 is 1.62 bits per heavy atom. The first kappa shape index (κ1) is 10.3. The van der Waals surface area contributed by atoms with Crippen LogP contribution in [0.5, 0.6) is 0 Å². The summed E-state index contributed by atoms with van der Waals surface area (Å²) in [7, 11) is 0. The van der Waals surface area contributed by atoms with Crippen molar-refractivity contribution in [3.8, 4) is 0 Å². The van der Waals surface area contributed by atoms with E-state index in [1.54, 1.807) is 6.26 Å². The van der Waals surface area contributed by atoms with E-state index in [0.717, 1.165) is 25.1 Å². The van der Waals surface area contributed by atoms with Crippen LogP contribution in [0.4, 0.5) is 0 Å². The minimum Gasteiger partial charge on any atom is -0.469 e. The van der Waals surface area contributed by atoms with E-state index in [4.69, 9.17) is 10.2 Å². The van der Waals surface area contributed by atoms with Crippen molar-refractivity contribution in [2.45, 2.75) is 25.8 Å². The smallest absolute Gasteiger partial charge is 0.103 e. The van der Waals surface area contributed by atoms with Crippen LogP contribution < -0.4 is 11.1 Å². The molecule has 0 aliphatic heterocycles. The van der Waals surface area contributed by atoms with Gasteiger partial charge in [-0.05, 0) is 32.0 Å². The predicted molar refractivity (Wildman–Crippen MR) is 53.5 cm³/mol. The van der Waals surface area contributed by atoms with Crippen LogP contribution in [0.25, 0.3) is 0 Å². The normalized spacial score (nSPS) is 13.1. The zero-order valence-electron chi connectivity index (χ0n) is 8.12. The lowest BCUT2D eigenvalue weighted by molar-refractivity contribution is 0.484. The lowest BCUT2D eigenvalue weighted by Gasteiger charge is -2.09. The molecule has 3 nitrogen and oxygen atoms in total. The van der Waals surface area contributed by atoms with Gasteiger partial charge < -0.3 is 15.5 Å². The summed E-state index contributed by atoms with van der Waals surface area (Å²) in [6.45, 7) is 3.78. The van der Waals surface area contributed by atoms with Crippen molar-refractivity contribution in [1.82, 2.24) is 5.32 Å². The van der Waals surface area contributed by atoms with Crippen LogP contribution in [0.15, 0.2) is 22.8 Å². The zero-order chi connectivity index (χ0) is 9.52. The van der Waals surface area contributed by atoms with Gasteiger partial charge in [0.1, 0.15) is 5.76 Å². The highest BCUT2D eigenvalue weighted by molar-refractivity contribution is 4.97. The Bertz CT molecular complexity index is 209. The Morgan fingerprint density at radius 3 is 3.08 bits per heavy atom. The maximum atomic E-state index is 5.47. The number of nitrogens with two attached hydrogens (primary N) is 1. The molecule has 1 aromatic heterocycles. The molecule has 0 aliphatic carbocycles. The van der Waals surface area contributed by atoms with E-state index >= 15 is 0 Å². The molecule has 3 N–H and O–H groups in total. The summed E-state index contributed by atoms with van der Waals surface area (Å²) in [5.74, 6) is 1.06. The van der Waals surface area contributed by atoms with Crippen LogP contribution in [-0.4, -0.2) is 19.1 Å². The topological polar surface area (TPSA) is 51.2 Å². The van der Waals surface area contributed by atoms with E-state index in [9.17, 15) is 0 Å². The Hall–Kier alpha value is -0.800. The number of hydrogen-bond donors (Lipinski definition) is 2. The Balaban J connectivity index is 2.02. The molecule has 0 spiro atoms. The van der Waals surface area contributed by atoms with Crippen molar-refractivity contribution in [3.63, 3.8) is 0 Å². The van der Waals surface area contributed by atoms with Crippen molar-refractivity contribution in [3.05, 3.63) is 24.2 Å². The summed E-state index contributed by atoms with van der Waals surface area (Å²) in [6.07, 6.45) is 3.81. The molecule has 0 aromatic carbocycles. The van der Waals surface area contributed by atoms with Crippen LogP contribution in [0.2, 0.25) is 0 Å². The molecule has 0 saturated carbocycles. The lowest BCUT2D eigenvalue weighted by atomic mass is 10.2. The summed E-state index contributed by atoms with van der Waals surface area (Å²) in [5.41, 5.74) is 5.47. The molecule has 1 aromatic rings. The quantitative estimate of drug-likeness (QED) is 0.649. The minimum absolute atomic E-state index is 0.414. The standard InChI is InChI=1S/C10H18N2O/c1-9(8-11)12-6-2-4-10-5-3-7-13-10/h3,5,7,9,12H,2,4,6,8,11H2,1H3/t9-/m1/s1. The van der Waals surface area contributed by atoms with Gasteiger partial charge in [0.15, 0.2) is 0 Å². The Kier molecular flexibility index (Phi) is 4.57. The fourth-order valence-electron chi connectivity index (χ4n) is 1.15. The van der Waals surface area contributed by atoms with E-state index in [2.05, 4.69) is 12.2 Å². The van der Waals surface area contributed by atoms with Gasteiger partial charge in [-0.25, -0.2) is 0 Å². The second-order valence-corrected chi connectivity index (χ2v) is 3.27. The Labute approximate surface area is 79.3 Å². The van der Waals surface area contributed by atoms with Gasteiger partial charge in [0.25, 0.3) is 0 Å². The second kappa shape index (κ2) is 5.78. The van der Waals surface area contributed by atoms with Crippen molar-refractivity contribution in [2.24, 2.45) is 5.73 Å². The molecule has 0 fully saturated rings. The highest BCUT2D eigenvalue weighted by Gasteiger charge is 1.98. The average molecular weight is 182 g/mol. The summed E-state index contributed by atoms with van der Waals surface area (Å²) < 4.78 is 5.21. The van der Waals surface area contributed by atoms with E-state index in [0.29, 0.717) is 12.6 Å². The Morgan fingerprint density at radius 2 is 2.46 bits per heavy atom. The van der Waals surface area contributed by atoms with Crippen molar-refractivity contribution in [1.29, 1.82) is 0 Å². The van der Waals surface area contributed by atoms with E-state index in [-0.39, 0.29) is 0 Å². The summed E-state index contributed by atoms with van der Waals surface area (Å²) in [6, 6.07) is 4.34. The third-order valence-electron chi connectivity index (χ3n) is 2.03. The first-order chi connectivity index (χ1) is 6.33. The fraction of sp³-hybridized carbons (Fsp3) is 0.600. The van der Waals surface area contributed by atoms with Gasteiger partial charge in [0.05, 0.1) is 6.26 Å². The van der Waals surface area contributed by atoms with Gasteiger partial charge in [-0.15, -0.1) is 0 Å². The van der Waals surface area contributed by atoms with Crippen molar-refractivity contribution in [2.75, 3.05) is 13.1 Å².